The van der Waals surface area contributed by atoms with Crippen molar-refractivity contribution in [3.63, 3.8) is 0 Å². The van der Waals surface area contributed by atoms with Crippen molar-refractivity contribution in [3.05, 3.63) is 88.8 Å². The Kier molecular flexibility index (Phi) is 27.4. The van der Waals surface area contributed by atoms with Gasteiger partial charge in [0, 0.05) is 127 Å². The molecule has 12 amide bonds. The average molecular weight is 1420 g/mol. The molecular weight excluding hydrogens is 1310 g/mol. The van der Waals surface area contributed by atoms with E-state index in [-0.39, 0.29) is 86.5 Å². The van der Waals surface area contributed by atoms with Gasteiger partial charge in [-0.2, -0.15) is 0 Å². The molecule has 0 fully saturated rings. The molecule has 2 aliphatic rings. The van der Waals surface area contributed by atoms with E-state index in [9.17, 15) is 28.8 Å². The summed E-state index contributed by atoms with van der Waals surface area (Å²) in [5.74, 6) is -8.12. The van der Waals surface area contributed by atoms with E-state index in [1.807, 2.05) is 0 Å². The van der Waals surface area contributed by atoms with Crippen molar-refractivity contribution in [3.8, 4) is 0 Å². The van der Waals surface area contributed by atoms with Crippen LogP contribution in [0.1, 0.15) is 237 Å². The first-order valence-corrected chi connectivity index (χ1v) is 34.7. The van der Waals surface area contributed by atoms with Crippen molar-refractivity contribution in [1.82, 2.24) is 86.1 Å². The lowest BCUT2D eigenvalue weighted by atomic mass is 10.0. The second-order valence-electron chi connectivity index (χ2n) is 32.7. The minimum Gasteiger partial charge on any atom is -0.349 e. The summed E-state index contributed by atoms with van der Waals surface area (Å²) in [6, 6.07) is 4.09. The number of fused-ring (bicyclic) bond motifs is 10. The maximum atomic E-state index is 15.5. The van der Waals surface area contributed by atoms with E-state index in [1.54, 1.807) is 147 Å². The molecule has 0 saturated heterocycles. The Hall–Kier alpha value is -8.99. The Morgan fingerprint density at radius 2 is 0.412 bits per heavy atom. The summed E-state index contributed by atoms with van der Waals surface area (Å²) in [5.41, 5.74) is -5.80. The molecule has 3 aromatic heterocycles. The molecule has 29 nitrogen and oxygen atoms in total. The quantitative estimate of drug-likeness (QED) is 0.196. The minimum absolute atomic E-state index is 0.0299. The van der Waals surface area contributed by atoms with E-state index in [1.165, 1.54) is 113 Å². The Labute approximate surface area is 602 Å². The van der Waals surface area contributed by atoms with Gasteiger partial charge in [-0.15, -0.1) is 0 Å². The predicted octanol–water partition coefficient (Wildman–Crippen LogP) is 4.64. The van der Waals surface area contributed by atoms with E-state index in [2.05, 4.69) is 31.9 Å². The van der Waals surface area contributed by atoms with Gasteiger partial charge in [-0.1, -0.05) is 18.2 Å². The van der Waals surface area contributed by atoms with Crippen molar-refractivity contribution in [1.29, 1.82) is 0 Å². The molecule has 2 aliphatic heterocycles. The van der Waals surface area contributed by atoms with Gasteiger partial charge in [0.2, 0.25) is 70.9 Å². The molecule has 5 rings (SSSR count). The van der Waals surface area contributed by atoms with E-state index in [0.717, 1.165) is 0 Å². The molecule has 6 unspecified atom stereocenters. The van der Waals surface area contributed by atoms with E-state index < -0.39 is 154 Å². The number of amides is 12. The van der Waals surface area contributed by atoms with E-state index in [4.69, 9.17) is 15.0 Å². The number of rotatable bonds is 6. The van der Waals surface area contributed by atoms with Gasteiger partial charge in [0.15, 0.2) is 36.3 Å². The Bertz CT molecular complexity index is 3220. The van der Waals surface area contributed by atoms with Crippen LogP contribution in [-0.2, 0) is 57.5 Å². The summed E-state index contributed by atoms with van der Waals surface area (Å²) >= 11 is 0. The summed E-state index contributed by atoms with van der Waals surface area (Å²) in [7, 11) is 0. The average Bonchev–Trinajstić information content (AvgIpc) is 0.797. The van der Waals surface area contributed by atoms with Gasteiger partial charge in [-0.3, -0.25) is 82.3 Å². The number of aromatic nitrogens is 3. The smallest absolute Gasteiger partial charge is 0.249 e. The first-order valence-electron chi connectivity index (χ1n) is 34.7. The topological polar surface area (TPSA) is 342 Å². The number of hydrogen-bond donors (Lipinski definition) is 6. The number of hydrogen-bond acceptors (Lipinski definition) is 17. The summed E-state index contributed by atoms with van der Waals surface area (Å²) in [6.07, 6.45) is 0. The molecule has 3 aromatic rings. The molecule has 0 spiro atoms. The third kappa shape index (κ3) is 24.1. The Balaban J connectivity index is 2.13. The number of pyridine rings is 3. The highest BCUT2D eigenvalue weighted by Gasteiger charge is 2.44. The minimum atomic E-state index is -1.64. The van der Waals surface area contributed by atoms with Gasteiger partial charge < -0.3 is 61.3 Å². The van der Waals surface area contributed by atoms with Gasteiger partial charge in [-0.05, 0) is 161 Å². The Morgan fingerprint density at radius 3 is 0.549 bits per heavy atom. The predicted molar refractivity (Wildman–Crippen MR) is 384 cm³/mol. The van der Waals surface area contributed by atoms with Crippen LogP contribution in [0, 0.1) is 0 Å². The van der Waals surface area contributed by atoms with Crippen molar-refractivity contribution in [2.24, 2.45) is 0 Å². The van der Waals surface area contributed by atoms with Gasteiger partial charge in [0.1, 0.15) is 0 Å². The highest BCUT2D eigenvalue weighted by Crippen LogP contribution is 2.33. The molecule has 29 heteroatoms. The molecule has 0 aromatic carbocycles. The number of nitrogens with zero attached hydrogens (tertiary/aromatic N) is 11. The zero-order valence-electron chi connectivity index (χ0n) is 64.5. The van der Waals surface area contributed by atoms with Gasteiger partial charge in [0.05, 0.1) is 47.5 Å². The summed E-state index contributed by atoms with van der Waals surface area (Å²) in [4.78, 5) is 207. The second-order valence-corrected chi connectivity index (χ2v) is 32.7. The van der Waals surface area contributed by atoms with Gasteiger partial charge >= 0.3 is 0 Å². The molecule has 102 heavy (non-hydrogen) atoms. The normalized spacial score (nSPS) is 21.3. The van der Waals surface area contributed by atoms with Crippen LogP contribution >= 0.6 is 0 Å². The fourth-order valence-electron chi connectivity index (χ4n) is 12.1. The van der Waals surface area contributed by atoms with Gasteiger partial charge in [-0.25, -0.2) is 0 Å². The van der Waals surface area contributed by atoms with Crippen LogP contribution in [0.5, 0.6) is 0 Å². The third-order valence-electron chi connectivity index (χ3n) is 16.2. The number of carbonyl (C=O) groups excluding carboxylic acids is 12. The summed E-state index contributed by atoms with van der Waals surface area (Å²) < 4.78 is 0. The van der Waals surface area contributed by atoms with Crippen LogP contribution in [-0.4, -0.2) is 224 Å². The second kappa shape index (κ2) is 33.4. The number of nitrogens with one attached hydrogen (secondary N) is 6. The van der Waals surface area contributed by atoms with Crippen molar-refractivity contribution >= 4 is 70.9 Å². The fraction of sp³-hybridized carbons (Fsp3) is 0.630. The summed E-state index contributed by atoms with van der Waals surface area (Å²) in [6.45, 7) is 35.5. The molecule has 0 aliphatic carbocycles. The molecule has 562 valence electrons. The van der Waals surface area contributed by atoms with Crippen LogP contribution in [0.2, 0.25) is 0 Å². The first-order chi connectivity index (χ1) is 46.8. The van der Waals surface area contributed by atoms with E-state index in [0.29, 0.717) is 0 Å². The largest absolute Gasteiger partial charge is 0.349 e. The standard InChI is InChI=1S/C73H113N17O12/c1-44(91)85-38-34-83-35-39-86(45(2)92)58(64(99)79-70(13,14)15)52-30-26-31-53(75-52)59(65(100)80-71(16,17)18)88(47(4)94)41-37-84(36-40-87(46(3)93)57(63(98)78-69(10,11)12)51-29-25-28-50(74-51)56(85)62(97)77-68(7,8)9)43-90(49(6)96)61(67(102)82-73(22,23)24)55-33-27-32-54(76-55)60(89(42-83)48(5)95)66(101)81-72(19,20)21/h25-33,56-61H,34-43H2,1-24H3,(H,77,97)(H,78,98)(H,79,99)(H,80,100)(H,81,101)(H,82,102). The van der Waals surface area contributed by atoms with E-state index >= 15 is 28.8 Å². The molecule has 5 heterocycles. The molecule has 6 N–H and O–H groups in total. The highest BCUT2D eigenvalue weighted by molar-refractivity contribution is 5.93. The summed E-state index contributed by atoms with van der Waals surface area (Å²) in [5, 5.41) is 18.0. The lowest BCUT2D eigenvalue weighted by molar-refractivity contribution is -0.145. The zero-order valence-corrected chi connectivity index (χ0v) is 64.5. The Morgan fingerprint density at radius 1 is 0.265 bits per heavy atom. The SMILES string of the molecule is CC(=O)N1CCN2CCN(C(C)=O)C(C(=O)NC(C)(C)C)c3cccc(n3)C(C(=O)NC(C)(C)C)N(C(C)=O)CCN(CCN(C(C)=O)C(C(=O)NC(C)(C)C)c3cccc(n3)C1C(=O)NC(C)(C)C)CN(C(C)=O)C(C(=O)NC(C)(C)C)c1cccc(n1)C(C(=O)NC(C)(C)C)N(C(C)=O)C2. The van der Waals surface area contributed by atoms with Crippen molar-refractivity contribution < 1.29 is 57.5 Å². The molecular formula is C73H113N17O12. The van der Waals surface area contributed by atoms with Crippen LogP contribution in [0.15, 0.2) is 54.6 Å². The molecule has 0 radical (unpaired) electrons. The maximum absolute atomic E-state index is 15.5. The highest BCUT2D eigenvalue weighted by atomic mass is 16.2. The van der Waals surface area contributed by atoms with Gasteiger partial charge in [0.25, 0.3) is 0 Å². The monoisotopic (exact) mass is 1420 g/mol. The number of carbonyl (C=O) groups is 12. The fourth-order valence-corrected chi connectivity index (χ4v) is 12.1. The van der Waals surface area contributed by atoms with Crippen LogP contribution < -0.4 is 31.9 Å². The zero-order chi connectivity index (χ0) is 77.3. The van der Waals surface area contributed by atoms with Crippen LogP contribution in [0.3, 0.4) is 0 Å². The lowest BCUT2D eigenvalue weighted by Gasteiger charge is -2.40. The van der Waals surface area contributed by atoms with Crippen molar-refractivity contribution in [2.75, 3.05) is 65.7 Å². The lowest BCUT2D eigenvalue weighted by Crippen LogP contribution is -2.55. The van der Waals surface area contributed by atoms with Crippen LogP contribution in [0.4, 0.5) is 0 Å². The first kappa shape index (κ1) is 83.7. The van der Waals surface area contributed by atoms with Crippen molar-refractivity contribution in [2.45, 2.75) is 236 Å². The van der Waals surface area contributed by atoms with Crippen LogP contribution in [0.25, 0.3) is 0 Å². The molecule has 8 bridgehead atoms. The third-order valence-corrected chi connectivity index (χ3v) is 16.2. The molecule has 0 saturated carbocycles. The molecule has 6 atom stereocenters. The maximum Gasteiger partial charge on any atom is 0.249 e.